The molecule has 5 heteroatoms. The minimum Gasteiger partial charge on any atom is -0.345 e. The second-order valence-corrected chi connectivity index (χ2v) is 3.68. The van der Waals surface area contributed by atoms with Crippen molar-refractivity contribution in [3.63, 3.8) is 0 Å². The molecule has 0 bridgehead atoms. The molecule has 0 radical (unpaired) electrons. The lowest BCUT2D eigenvalue weighted by molar-refractivity contribution is -0.122. The molecular formula is C6H8BrNO2S. The number of rotatable bonds is 2. The van der Waals surface area contributed by atoms with E-state index in [1.165, 1.54) is 11.8 Å². The average Bonchev–Trinajstić information content (AvgIpc) is 2.36. The van der Waals surface area contributed by atoms with Gasteiger partial charge in [0.1, 0.15) is 0 Å². The minimum absolute atomic E-state index is 0.00324. The maximum Gasteiger partial charge on any atom is 0.231 e. The molecule has 0 aromatic carbocycles. The summed E-state index contributed by atoms with van der Waals surface area (Å²) in [5, 5.41) is 1.51. The summed E-state index contributed by atoms with van der Waals surface area (Å²) in [4.78, 5) is 21.9. The molecule has 1 aliphatic heterocycles. The van der Waals surface area contributed by atoms with E-state index in [0.717, 1.165) is 5.75 Å². The monoisotopic (exact) mass is 238 g/mol. The van der Waals surface area contributed by atoms with E-state index >= 15 is 0 Å². The molecule has 1 heterocycles. The summed E-state index contributed by atoms with van der Waals surface area (Å²) in [5.74, 6) is 0.310. The van der Waals surface area contributed by atoms with Crippen molar-refractivity contribution in [3.05, 3.63) is 0 Å². The topological polar surface area (TPSA) is 46.2 Å². The van der Waals surface area contributed by atoms with Crippen molar-refractivity contribution in [2.45, 2.75) is 12.5 Å². The third-order valence-electron chi connectivity index (χ3n) is 1.35. The summed E-state index contributed by atoms with van der Waals surface area (Å²) in [5.41, 5.74) is 0. The number of nitrogens with one attached hydrogen (secondary N) is 1. The van der Waals surface area contributed by atoms with Gasteiger partial charge in [-0.3, -0.25) is 9.59 Å². The van der Waals surface area contributed by atoms with Gasteiger partial charge in [0.05, 0.1) is 11.3 Å². The fraction of sp³-hybridized carbons (Fsp3) is 0.667. The van der Waals surface area contributed by atoms with Crippen LogP contribution < -0.4 is 5.32 Å². The van der Waals surface area contributed by atoms with Crippen molar-refractivity contribution >= 4 is 38.7 Å². The maximum absolute atomic E-state index is 11.0. The molecule has 2 atom stereocenters. The lowest BCUT2D eigenvalue weighted by atomic mass is 10.2. The van der Waals surface area contributed by atoms with E-state index in [1.54, 1.807) is 0 Å². The van der Waals surface area contributed by atoms with E-state index in [1.807, 2.05) is 0 Å². The first-order chi connectivity index (χ1) is 5.61. The van der Waals surface area contributed by atoms with Gasteiger partial charge in [-0.15, -0.1) is 0 Å². The highest BCUT2D eigenvalue weighted by Gasteiger charge is 2.25. The van der Waals surface area contributed by atoms with Crippen LogP contribution in [0.4, 0.5) is 0 Å². The summed E-state index contributed by atoms with van der Waals surface area (Å²) < 4.78 is 7.00. The highest BCUT2D eigenvalue weighted by Crippen LogP contribution is 2.19. The first kappa shape index (κ1) is 7.61. The van der Waals surface area contributed by atoms with Crippen molar-refractivity contribution in [1.29, 1.82) is 0 Å². The normalized spacial score (nSPS) is 27.9. The van der Waals surface area contributed by atoms with E-state index in [4.69, 9.17) is 1.37 Å². The van der Waals surface area contributed by atoms with E-state index < -0.39 is 11.2 Å². The molecular weight excluding hydrogens is 230 g/mol. The van der Waals surface area contributed by atoms with Crippen molar-refractivity contribution < 1.29 is 11.0 Å². The van der Waals surface area contributed by atoms with E-state index in [9.17, 15) is 9.59 Å². The van der Waals surface area contributed by atoms with Crippen molar-refractivity contribution in [1.82, 2.24) is 5.32 Å². The molecule has 0 saturated carbocycles. The van der Waals surface area contributed by atoms with Gasteiger partial charge in [-0.2, -0.15) is 0 Å². The molecule has 3 nitrogen and oxygen atoms in total. The predicted octanol–water partition coefficient (Wildman–Crippen LogP) is 0.530. The van der Waals surface area contributed by atoms with Gasteiger partial charge in [-0.05, 0) is 6.42 Å². The van der Waals surface area contributed by atoms with E-state index in [-0.39, 0.29) is 11.2 Å². The molecule has 0 aromatic heterocycles. The molecule has 1 unspecified atom stereocenters. The van der Waals surface area contributed by atoms with Crippen LogP contribution in [-0.4, -0.2) is 28.1 Å². The second-order valence-electron chi connectivity index (χ2n) is 2.13. The number of halogens is 1. The van der Waals surface area contributed by atoms with Gasteiger partial charge < -0.3 is 5.32 Å². The average molecular weight is 239 g/mol. The van der Waals surface area contributed by atoms with Crippen molar-refractivity contribution in [2.24, 2.45) is 0 Å². The Morgan fingerprint density at radius 3 is 3.18 bits per heavy atom. The van der Waals surface area contributed by atoms with Gasteiger partial charge in [0.2, 0.25) is 11.0 Å². The Morgan fingerprint density at radius 1 is 2.00 bits per heavy atom. The largest absolute Gasteiger partial charge is 0.345 e. The van der Waals surface area contributed by atoms with Crippen molar-refractivity contribution in [3.8, 4) is 0 Å². The number of hydrogen-bond acceptors (Lipinski definition) is 3. The van der Waals surface area contributed by atoms with Gasteiger partial charge in [-0.1, -0.05) is 27.7 Å². The van der Waals surface area contributed by atoms with Gasteiger partial charge >= 0.3 is 0 Å². The van der Waals surface area contributed by atoms with Crippen LogP contribution in [0.15, 0.2) is 0 Å². The molecule has 1 saturated heterocycles. The minimum atomic E-state index is -0.976. The van der Waals surface area contributed by atoms with Crippen LogP contribution in [0, 0.1) is 0 Å². The smallest absolute Gasteiger partial charge is 0.231 e. The summed E-state index contributed by atoms with van der Waals surface area (Å²) in [7, 11) is 0. The van der Waals surface area contributed by atoms with Crippen LogP contribution in [0.5, 0.6) is 0 Å². The summed E-state index contributed by atoms with van der Waals surface area (Å²) in [6.07, 6.45) is 0.676. The number of carbonyl (C=O) groups excluding carboxylic acids is 2. The number of hydrogen-bond donors (Lipinski definition) is 1. The Kier molecular flexibility index (Phi) is 2.84. The molecule has 1 rings (SSSR count). The zero-order valence-corrected chi connectivity index (χ0v) is 8.07. The van der Waals surface area contributed by atoms with Crippen LogP contribution in [-0.2, 0) is 9.59 Å². The highest BCUT2D eigenvalue weighted by molar-refractivity contribution is 9.09. The standard InChI is InChI=1S/C6H8BrNO2S/c7-3-5(9)8-4-1-2-11-6(4)10/h4H,1-3H2,(H,8,9)/t4-/m0/s1/i3D/t3?,4-. The lowest BCUT2D eigenvalue weighted by Gasteiger charge is -2.07. The zero-order chi connectivity index (χ0) is 9.14. The van der Waals surface area contributed by atoms with Crippen LogP contribution in [0.1, 0.15) is 7.79 Å². The fourth-order valence-electron chi connectivity index (χ4n) is 0.830. The SMILES string of the molecule is [2H]C(Br)C(=O)N[C@H]1CCSC1=O. The van der Waals surface area contributed by atoms with Gasteiger partial charge in [0.25, 0.3) is 0 Å². The Balaban J connectivity index is 2.40. The molecule has 62 valence electrons. The number of alkyl halides is 1. The number of carbonyl (C=O) groups is 2. The molecule has 11 heavy (non-hydrogen) atoms. The molecule has 0 aromatic rings. The van der Waals surface area contributed by atoms with Crippen LogP contribution >= 0.6 is 27.7 Å². The van der Waals surface area contributed by atoms with E-state index in [2.05, 4.69) is 21.2 Å². The third-order valence-corrected chi connectivity index (χ3v) is 2.78. The summed E-state index contributed by atoms with van der Waals surface area (Å²) in [6.45, 7) is 0. The molecule has 0 spiro atoms. The van der Waals surface area contributed by atoms with E-state index in [0.29, 0.717) is 6.42 Å². The Labute approximate surface area is 78.8 Å². The Bertz CT molecular complexity index is 212. The quantitative estimate of drug-likeness (QED) is 0.715. The lowest BCUT2D eigenvalue weighted by Crippen LogP contribution is -2.37. The highest BCUT2D eigenvalue weighted by atomic mass is 79.9. The van der Waals surface area contributed by atoms with Crippen LogP contribution in [0.2, 0.25) is 0 Å². The van der Waals surface area contributed by atoms with Gasteiger partial charge in [0, 0.05) is 7.12 Å². The first-order valence-electron chi connectivity index (χ1n) is 3.72. The predicted molar refractivity (Wildman–Crippen MR) is 47.8 cm³/mol. The molecule has 0 aliphatic carbocycles. The molecule has 1 amide bonds. The second kappa shape index (κ2) is 4.11. The first-order valence-corrected chi connectivity index (χ1v) is 5.04. The molecule has 1 aliphatic rings. The summed E-state index contributed by atoms with van der Waals surface area (Å²) >= 11 is 4.03. The maximum atomic E-state index is 11.0. The van der Waals surface area contributed by atoms with Gasteiger partial charge in [0.15, 0.2) is 0 Å². The molecule has 1 N–H and O–H groups in total. The van der Waals surface area contributed by atoms with Crippen LogP contribution in [0.25, 0.3) is 0 Å². The van der Waals surface area contributed by atoms with Crippen molar-refractivity contribution in [2.75, 3.05) is 11.1 Å². The summed E-state index contributed by atoms with van der Waals surface area (Å²) in [6, 6.07) is -0.382. The Hall–Kier alpha value is -0.0300. The number of thioether (sulfide) groups is 1. The number of amides is 1. The third kappa shape index (κ3) is 2.48. The van der Waals surface area contributed by atoms with Gasteiger partial charge in [-0.25, -0.2) is 0 Å². The zero-order valence-electron chi connectivity index (χ0n) is 6.67. The Morgan fingerprint density at radius 2 is 2.73 bits per heavy atom. The fourth-order valence-corrected chi connectivity index (χ4v) is 1.89. The van der Waals surface area contributed by atoms with Crippen LogP contribution in [0.3, 0.4) is 0 Å². The molecule has 1 fully saturated rings.